The Hall–Kier alpha value is -2.81. The highest BCUT2D eigenvalue weighted by Gasteiger charge is 2.26. The lowest BCUT2D eigenvalue weighted by Gasteiger charge is -2.37. The summed E-state index contributed by atoms with van der Waals surface area (Å²) in [6.45, 7) is 6.64. The minimum atomic E-state index is -0.207. The molecule has 2 N–H and O–H groups in total. The Labute approximate surface area is 215 Å². The maximum absolute atomic E-state index is 13.1. The normalized spacial score (nSPS) is 16.6. The van der Waals surface area contributed by atoms with Crippen LogP contribution >= 0.6 is 23.2 Å². The third kappa shape index (κ3) is 6.07. The molecule has 0 bridgehead atoms. The van der Waals surface area contributed by atoms with Crippen molar-refractivity contribution in [3.63, 3.8) is 0 Å². The average molecular weight is 518 g/mol. The van der Waals surface area contributed by atoms with Crippen molar-refractivity contribution in [3.8, 4) is 0 Å². The number of amides is 3. The molecule has 0 aliphatic carbocycles. The number of carbonyl (C=O) groups excluding carboxylic acids is 3. The Morgan fingerprint density at radius 1 is 0.857 bits per heavy atom. The van der Waals surface area contributed by atoms with Crippen molar-refractivity contribution < 1.29 is 14.4 Å². The number of nitrogens with one attached hydrogen (secondary N) is 2. The van der Waals surface area contributed by atoms with Crippen LogP contribution in [-0.4, -0.2) is 79.9 Å². The Morgan fingerprint density at radius 2 is 1.60 bits per heavy atom. The molecule has 10 heteroatoms. The Balaban J connectivity index is 1.48. The van der Waals surface area contributed by atoms with Gasteiger partial charge in [-0.2, -0.15) is 0 Å². The van der Waals surface area contributed by atoms with Crippen LogP contribution < -0.4 is 15.5 Å². The Kier molecular flexibility index (Phi) is 8.15. The molecule has 2 aliphatic rings. The molecular weight excluding hydrogens is 489 g/mol. The lowest BCUT2D eigenvalue weighted by Crippen LogP contribution is -2.49. The first kappa shape index (κ1) is 25.3. The highest BCUT2D eigenvalue weighted by molar-refractivity contribution is 6.36. The van der Waals surface area contributed by atoms with E-state index in [2.05, 4.69) is 15.5 Å². The van der Waals surface area contributed by atoms with Crippen molar-refractivity contribution in [3.05, 3.63) is 57.6 Å². The predicted molar refractivity (Wildman–Crippen MR) is 139 cm³/mol. The molecule has 2 aromatic rings. The van der Waals surface area contributed by atoms with Gasteiger partial charge in [0.2, 0.25) is 5.91 Å². The number of piperazine rings is 1. The first-order valence-corrected chi connectivity index (χ1v) is 12.5. The summed E-state index contributed by atoms with van der Waals surface area (Å²) in [5.41, 5.74) is 2.39. The van der Waals surface area contributed by atoms with Crippen molar-refractivity contribution >= 4 is 52.3 Å². The van der Waals surface area contributed by atoms with E-state index in [1.165, 1.54) is 6.92 Å². The summed E-state index contributed by atoms with van der Waals surface area (Å²) in [7, 11) is 0. The third-order valence-electron chi connectivity index (χ3n) is 6.25. The van der Waals surface area contributed by atoms with Crippen LogP contribution in [0, 0.1) is 0 Å². The summed E-state index contributed by atoms with van der Waals surface area (Å²) in [6.07, 6.45) is 0.909. The zero-order valence-electron chi connectivity index (χ0n) is 19.7. The molecule has 4 rings (SSSR count). The summed E-state index contributed by atoms with van der Waals surface area (Å²) in [5.74, 6) is -0.385. The van der Waals surface area contributed by atoms with Crippen LogP contribution in [0.2, 0.25) is 10.0 Å². The summed E-state index contributed by atoms with van der Waals surface area (Å²) in [4.78, 5) is 43.7. The van der Waals surface area contributed by atoms with Crippen LogP contribution in [0.15, 0.2) is 36.4 Å². The topological polar surface area (TPSA) is 85.0 Å². The summed E-state index contributed by atoms with van der Waals surface area (Å²) in [6, 6.07) is 10.3. The van der Waals surface area contributed by atoms with Gasteiger partial charge in [0.05, 0.1) is 22.0 Å². The van der Waals surface area contributed by atoms with Gasteiger partial charge in [-0.1, -0.05) is 23.2 Å². The van der Waals surface area contributed by atoms with Gasteiger partial charge in [0.25, 0.3) is 11.8 Å². The van der Waals surface area contributed by atoms with Crippen molar-refractivity contribution in [1.29, 1.82) is 0 Å². The van der Waals surface area contributed by atoms with E-state index < -0.39 is 0 Å². The highest BCUT2D eigenvalue weighted by Crippen LogP contribution is 2.30. The van der Waals surface area contributed by atoms with Crippen molar-refractivity contribution in [1.82, 2.24) is 15.1 Å². The summed E-state index contributed by atoms with van der Waals surface area (Å²) in [5, 5.41) is 7.00. The van der Waals surface area contributed by atoms with E-state index in [9.17, 15) is 14.4 Å². The van der Waals surface area contributed by atoms with Crippen LogP contribution in [0.3, 0.4) is 0 Å². The standard InChI is InChI=1S/C25H29Cl2N5O3/c1-17(33)29-22-15-18(24(34)31-9-2-7-28-8-10-31)3-6-23(22)30-11-13-32(14-12-30)25(35)20-5-4-19(26)16-21(20)27/h3-6,15-16,28H,2,7-14H2,1H3,(H,29,33). The second-order valence-corrected chi connectivity index (χ2v) is 9.56. The summed E-state index contributed by atoms with van der Waals surface area (Å²) < 4.78 is 0. The minimum absolute atomic E-state index is 0.0397. The average Bonchev–Trinajstić information content (AvgIpc) is 3.13. The molecule has 2 fully saturated rings. The molecule has 35 heavy (non-hydrogen) atoms. The maximum atomic E-state index is 13.1. The molecule has 0 saturated carbocycles. The molecule has 0 atom stereocenters. The molecule has 8 nitrogen and oxygen atoms in total. The molecule has 0 spiro atoms. The van der Waals surface area contributed by atoms with E-state index >= 15 is 0 Å². The minimum Gasteiger partial charge on any atom is -0.366 e. The number of carbonyl (C=O) groups is 3. The number of anilines is 2. The van der Waals surface area contributed by atoms with Crippen molar-refractivity contribution in [2.75, 3.05) is 62.6 Å². The van der Waals surface area contributed by atoms with Gasteiger partial charge in [-0.15, -0.1) is 0 Å². The van der Waals surface area contributed by atoms with Gasteiger partial charge in [-0.25, -0.2) is 0 Å². The molecule has 186 valence electrons. The highest BCUT2D eigenvalue weighted by atomic mass is 35.5. The third-order valence-corrected chi connectivity index (χ3v) is 6.80. The van der Waals surface area contributed by atoms with Crippen LogP contribution in [-0.2, 0) is 4.79 Å². The first-order valence-electron chi connectivity index (χ1n) is 11.7. The molecule has 0 radical (unpaired) electrons. The van der Waals surface area contributed by atoms with E-state index in [4.69, 9.17) is 23.2 Å². The van der Waals surface area contributed by atoms with Gasteiger partial charge in [0, 0.05) is 63.3 Å². The lowest BCUT2D eigenvalue weighted by atomic mass is 10.1. The maximum Gasteiger partial charge on any atom is 0.255 e. The summed E-state index contributed by atoms with van der Waals surface area (Å²) >= 11 is 12.2. The Morgan fingerprint density at radius 3 is 2.31 bits per heavy atom. The van der Waals surface area contributed by atoms with E-state index in [1.54, 1.807) is 29.2 Å². The number of rotatable bonds is 4. The number of halogens is 2. The second kappa shape index (κ2) is 11.3. The number of nitrogens with zero attached hydrogens (tertiary/aromatic N) is 3. The quantitative estimate of drug-likeness (QED) is 0.649. The number of hydrogen-bond donors (Lipinski definition) is 2. The number of benzene rings is 2. The first-order chi connectivity index (χ1) is 16.8. The van der Waals surface area contributed by atoms with Crippen LogP contribution in [0.25, 0.3) is 0 Å². The van der Waals surface area contributed by atoms with Gasteiger partial charge in [0.1, 0.15) is 0 Å². The molecule has 0 unspecified atom stereocenters. The van der Waals surface area contributed by atoms with E-state index in [1.807, 2.05) is 17.0 Å². The van der Waals surface area contributed by atoms with Gasteiger partial charge in [-0.3, -0.25) is 14.4 Å². The fourth-order valence-electron chi connectivity index (χ4n) is 4.45. The van der Waals surface area contributed by atoms with E-state index in [0.29, 0.717) is 66.1 Å². The zero-order valence-corrected chi connectivity index (χ0v) is 21.2. The smallest absolute Gasteiger partial charge is 0.255 e. The molecule has 2 aromatic carbocycles. The molecule has 0 aromatic heterocycles. The monoisotopic (exact) mass is 517 g/mol. The fraction of sp³-hybridized carbons (Fsp3) is 0.400. The van der Waals surface area contributed by atoms with Gasteiger partial charge in [0.15, 0.2) is 0 Å². The number of hydrogen-bond acceptors (Lipinski definition) is 5. The largest absolute Gasteiger partial charge is 0.366 e. The van der Waals surface area contributed by atoms with Gasteiger partial charge < -0.3 is 25.3 Å². The second-order valence-electron chi connectivity index (χ2n) is 8.71. The molecule has 3 amide bonds. The lowest BCUT2D eigenvalue weighted by molar-refractivity contribution is -0.114. The van der Waals surface area contributed by atoms with Crippen LogP contribution in [0.5, 0.6) is 0 Å². The molecule has 2 saturated heterocycles. The fourth-order valence-corrected chi connectivity index (χ4v) is 4.94. The SMILES string of the molecule is CC(=O)Nc1cc(C(=O)N2CCCNCC2)ccc1N1CCN(C(=O)c2ccc(Cl)cc2Cl)CC1. The molecule has 2 heterocycles. The van der Waals surface area contributed by atoms with Gasteiger partial charge >= 0.3 is 0 Å². The van der Waals surface area contributed by atoms with Crippen molar-refractivity contribution in [2.45, 2.75) is 13.3 Å². The molecule has 2 aliphatic heterocycles. The van der Waals surface area contributed by atoms with Gasteiger partial charge in [-0.05, 0) is 49.4 Å². The molecular formula is C25H29Cl2N5O3. The zero-order chi connectivity index (χ0) is 24.9. The van der Waals surface area contributed by atoms with Crippen LogP contribution in [0.1, 0.15) is 34.1 Å². The Bertz CT molecular complexity index is 1110. The van der Waals surface area contributed by atoms with Crippen molar-refractivity contribution in [2.24, 2.45) is 0 Å². The van der Waals surface area contributed by atoms with Crippen LogP contribution in [0.4, 0.5) is 11.4 Å². The van der Waals surface area contributed by atoms with E-state index in [-0.39, 0.29) is 17.7 Å². The van der Waals surface area contributed by atoms with E-state index in [0.717, 1.165) is 25.2 Å². The predicted octanol–water partition coefficient (Wildman–Crippen LogP) is 3.35.